The normalized spacial score (nSPS) is 15.4. The summed E-state index contributed by atoms with van der Waals surface area (Å²) in [7, 11) is 0. The lowest BCUT2D eigenvalue weighted by Gasteiger charge is -2.21. The summed E-state index contributed by atoms with van der Waals surface area (Å²) in [5.41, 5.74) is 0.676. The second-order valence-corrected chi connectivity index (χ2v) is 5.01. The number of carbonyl (C=O) groups is 2. The van der Waals surface area contributed by atoms with Crippen LogP contribution in [0.25, 0.3) is 0 Å². The monoisotopic (exact) mass is 293 g/mol. The van der Waals surface area contributed by atoms with Crippen molar-refractivity contribution >= 4 is 17.6 Å². The summed E-state index contributed by atoms with van der Waals surface area (Å²) in [6.07, 6.45) is 2.35. The molecule has 0 aliphatic carbocycles. The summed E-state index contributed by atoms with van der Waals surface area (Å²) in [5.74, 6) is -0.193. The number of rotatable bonds is 6. The predicted molar refractivity (Wildman–Crippen MR) is 76.4 cm³/mol. The molecule has 21 heavy (non-hydrogen) atoms. The van der Waals surface area contributed by atoms with Gasteiger partial charge < -0.3 is 19.9 Å². The number of hydrogen-bond acceptors (Lipinski definition) is 4. The van der Waals surface area contributed by atoms with Crippen LogP contribution >= 0.6 is 0 Å². The molecule has 0 bridgehead atoms. The van der Waals surface area contributed by atoms with Crippen LogP contribution in [0.4, 0.5) is 5.69 Å². The number of hydrogen-bond donors (Lipinski definition) is 2. The van der Waals surface area contributed by atoms with Gasteiger partial charge in [0.1, 0.15) is 5.75 Å². The maximum absolute atomic E-state index is 11.9. The minimum atomic E-state index is -1.02. The SMILES string of the molecule is O=C(O)COc1ccc(NC(=O)CC2CCOCC2)cc1. The van der Waals surface area contributed by atoms with E-state index >= 15 is 0 Å². The molecule has 6 heteroatoms. The molecule has 114 valence electrons. The molecular weight excluding hydrogens is 274 g/mol. The molecule has 0 spiro atoms. The molecule has 0 unspecified atom stereocenters. The fourth-order valence-corrected chi connectivity index (χ4v) is 2.20. The Balaban J connectivity index is 1.79. The first-order valence-electron chi connectivity index (χ1n) is 6.96. The number of amides is 1. The van der Waals surface area contributed by atoms with Gasteiger partial charge in [-0.05, 0) is 43.0 Å². The lowest BCUT2D eigenvalue weighted by atomic mass is 9.96. The Morgan fingerprint density at radius 2 is 1.90 bits per heavy atom. The van der Waals surface area contributed by atoms with Gasteiger partial charge in [0.25, 0.3) is 0 Å². The number of carboxylic acid groups (broad SMARTS) is 1. The fourth-order valence-electron chi connectivity index (χ4n) is 2.20. The molecule has 6 nitrogen and oxygen atoms in total. The molecule has 1 fully saturated rings. The molecular formula is C15H19NO5. The molecule has 2 N–H and O–H groups in total. The van der Waals surface area contributed by atoms with Crippen LogP contribution in [-0.2, 0) is 14.3 Å². The predicted octanol–water partition coefficient (Wildman–Crippen LogP) is 1.91. The molecule has 1 aliphatic rings. The van der Waals surface area contributed by atoms with E-state index in [0.29, 0.717) is 23.8 Å². The van der Waals surface area contributed by atoms with Crippen molar-refractivity contribution in [1.29, 1.82) is 0 Å². The van der Waals surface area contributed by atoms with Crippen LogP contribution in [0.2, 0.25) is 0 Å². The molecule has 1 amide bonds. The van der Waals surface area contributed by atoms with E-state index in [1.54, 1.807) is 24.3 Å². The Bertz CT molecular complexity index is 479. The van der Waals surface area contributed by atoms with E-state index in [0.717, 1.165) is 26.1 Å². The summed E-state index contributed by atoms with van der Waals surface area (Å²) in [6.45, 7) is 1.08. The molecule has 1 aromatic carbocycles. The van der Waals surface area contributed by atoms with Gasteiger partial charge in [0.05, 0.1) is 0 Å². The Labute approximate surface area is 123 Å². The van der Waals surface area contributed by atoms with Crippen molar-refractivity contribution in [2.45, 2.75) is 19.3 Å². The standard InChI is InChI=1S/C15H19NO5/c17-14(9-11-5-7-20-8-6-11)16-12-1-3-13(4-2-12)21-10-15(18)19/h1-4,11H,5-10H2,(H,16,17)(H,18,19). The number of anilines is 1. The summed E-state index contributed by atoms with van der Waals surface area (Å²) in [4.78, 5) is 22.3. The highest BCUT2D eigenvalue weighted by atomic mass is 16.5. The average Bonchev–Trinajstić information content (AvgIpc) is 2.47. The molecule has 1 saturated heterocycles. The van der Waals surface area contributed by atoms with Crippen LogP contribution in [-0.4, -0.2) is 36.8 Å². The van der Waals surface area contributed by atoms with Crippen LogP contribution < -0.4 is 10.1 Å². The Morgan fingerprint density at radius 1 is 1.24 bits per heavy atom. The minimum Gasteiger partial charge on any atom is -0.482 e. The van der Waals surface area contributed by atoms with Crippen LogP contribution in [0.3, 0.4) is 0 Å². The second kappa shape index (κ2) is 7.64. The van der Waals surface area contributed by atoms with Crippen molar-refractivity contribution in [2.75, 3.05) is 25.1 Å². The zero-order valence-electron chi connectivity index (χ0n) is 11.7. The van der Waals surface area contributed by atoms with Crippen molar-refractivity contribution in [3.8, 4) is 5.75 Å². The molecule has 1 aromatic rings. The first-order valence-corrected chi connectivity index (χ1v) is 6.96. The number of carbonyl (C=O) groups excluding carboxylic acids is 1. The van der Waals surface area contributed by atoms with Gasteiger partial charge in [-0.25, -0.2) is 4.79 Å². The van der Waals surface area contributed by atoms with Gasteiger partial charge in [-0.2, -0.15) is 0 Å². The first kappa shape index (κ1) is 15.3. The van der Waals surface area contributed by atoms with Gasteiger partial charge in [0.15, 0.2) is 6.61 Å². The summed E-state index contributed by atoms with van der Waals surface area (Å²) < 4.78 is 10.3. The number of aliphatic carboxylic acids is 1. The Morgan fingerprint density at radius 3 is 2.52 bits per heavy atom. The molecule has 1 heterocycles. The molecule has 0 radical (unpaired) electrons. The number of ether oxygens (including phenoxy) is 2. The highest BCUT2D eigenvalue weighted by molar-refractivity contribution is 5.90. The minimum absolute atomic E-state index is 0.0129. The van der Waals surface area contributed by atoms with E-state index in [4.69, 9.17) is 14.6 Å². The van der Waals surface area contributed by atoms with E-state index in [-0.39, 0.29) is 12.5 Å². The second-order valence-electron chi connectivity index (χ2n) is 5.01. The first-order chi connectivity index (χ1) is 10.1. The molecule has 2 rings (SSSR count). The summed E-state index contributed by atoms with van der Waals surface area (Å²) in [6, 6.07) is 6.65. The number of carboxylic acids is 1. The number of benzene rings is 1. The number of nitrogens with one attached hydrogen (secondary N) is 1. The van der Waals surface area contributed by atoms with Crippen molar-refractivity contribution in [1.82, 2.24) is 0 Å². The smallest absolute Gasteiger partial charge is 0.341 e. The molecule has 0 atom stereocenters. The van der Waals surface area contributed by atoms with Crippen LogP contribution in [0, 0.1) is 5.92 Å². The highest BCUT2D eigenvalue weighted by Gasteiger charge is 2.17. The van der Waals surface area contributed by atoms with Gasteiger partial charge in [0.2, 0.25) is 5.91 Å². The lowest BCUT2D eigenvalue weighted by molar-refractivity contribution is -0.139. The zero-order chi connectivity index (χ0) is 15.1. The van der Waals surface area contributed by atoms with E-state index in [1.165, 1.54) is 0 Å². The average molecular weight is 293 g/mol. The quantitative estimate of drug-likeness (QED) is 0.837. The molecule has 1 aliphatic heterocycles. The largest absolute Gasteiger partial charge is 0.482 e. The molecule has 0 aromatic heterocycles. The van der Waals surface area contributed by atoms with E-state index in [1.807, 2.05) is 0 Å². The van der Waals surface area contributed by atoms with E-state index in [9.17, 15) is 9.59 Å². The third-order valence-electron chi connectivity index (χ3n) is 3.32. The van der Waals surface area contributed by atoms with Gasteiger partial charge in [-0.1, -0.05) is 0 Å². The fraction of sp³-hybridized carbons (Fsp3) is 0.467. The topological polar surface area (TPSA) is 84.9 Å². The van der Waals surface area contributed by atoms with Crippen LogP contribution in [0.1, 0.15) is 19.3 Å². The van der Waals surface area contributed by atoms with E-state index < -0.39 is 5.97 Å². The Kier molecular flexibility index (Phi) is 5.57. The van der Waals surface area contributed by atoms with Gasteiger partial charge in [-0.15, -0.1) is 0 Å². The third-order valence-corrected chi connectivity index (χ3v) is 3.32. The summed E-state index contributed by atoms with van der Waals surface area (Å²) in [5, 5.41) is 11.3. The van der Waals surface area contributed by atoms with Crippen LogP contribution in [0.15, 0.2) is 24.3 Å². The van der Waals surface area contributed by atoms with Crippen molar-refractivity contribution in [3.05, 3.63) is 24.3 Å². The zero-order valence-corrected chi connectivity index (χ0v) is 11.7. The van der Waals surface area contributed by atoms with Gasteiger partial charge in [0, 0.05) is 25.3 Å². The van der Waals surface area contributed by atoms with Gasteiger partial charge in [-0.3, -0.25) is 4.79 Å². The lowest BCUT2D eigenvalue weighted by Crippen LogP contribution is -2.22. The van der Waals surface area contributed by atoms with Gasteiger partial charge >= 0.3 is 5.97 Å². The highest BCUT2D eigenvalue weighted by Crippen LogP contribution is 2.20. The van der Waals surface area contributed by atoms with Crippen LogP contribution in [0.5, 0.6) is 5.75 Å². The van der Waals surface area contributed by atoms with Crippen molar-refractivity contribution in [3.63, 3.8) is 0 Å². The third kappa shape index (κ3) is 5.43. The van der Waals surface area contributed by atoms with Crippen molar-refractivity contribution < 1.29 is 24.2 Å². The van der Waals surface area contributed by atoms with E-state index in [2.05, 4.69) is 5.32 Å². The Hall–Kier alpha value is -2.08. The maximum atomic E-state index is 11.9. The molecule has 0 saturated carbocycles. The van der Waals surface area contributed by atoms with Crippen molar-refractivity contribution in [2.24, 2.45) is 5.92 Å². The maximum Gasteiger partial charge on any atom is 0.341 e. The summed E-state index contributed by atoms with van der Waals surface area (Å²) >= 11 is 0.